The molecule has 3 aromatic rings. The Bertz CT molecular complexity index is 1110. The Labute approximate surface area is 165 Å². The van der Waals surface area contributed by atoms with Crippen LogP contribution in [0.2, 0.25) is 0 Å². The number of methoxy groups -OCH3 is 1. The van der Waals surface area contributed by atoms with E-state index in [1.807, 2.05) is 31.2 Å². The van der Waals surface area contributed by atoms with Crippen LogP contribution in [0.1, 0.15) is 35.5 Å². The quantitative estimate of drug-likeness (QED) is 0.605. The molecule has 7 heteroatoms. The second kappa shape index (κ2) is 7.67. The number of H-pyrrole nitrogens is 1. The Hall–Kier alpha value is -2.80. The molecule has 0 bridgehead atoms. The van der Waals surface area contributed by atoms with Gasteiger partial charge in [-0.1, -0.05) is 37.6 Å². The molecule has 1 heterocycles. The summed E-state index contributed by atoms with van der Waals surface area (Å²) in [6, 6.07) is 12.3. The summed E-state index contributed by atoms with van der Waals surface area (Å²) in [6.45, 7) is 6.12. The van der Waals surface area contributed by atoms with Crippen molar-refractivity contribution in [1.29, 1.82) is 0 Å². The van der Waals surface area contributed by atoms with Crippen LogP contribution in [0.4, 0.5) is 5.69 Å². The molecule has 0 amide bonds. The number of carbonyl (C=O) groups excluding carboxylic acids is 1. The van der Waals surface area contributed by atoms with Crippen molar-refractivity contribution in [2.24, 2.45) is 5.92 Å². The lowest BCUT2D eigenvalue weighted by Crippen LogP contribution is -2.15. The van der Waals surface area contributed by atoms with Gasteiger partial charge in [-0.05, 0) is 49.1 Å². The van der Waals surface area contributed by atoms with E-state index < -0.39 is 16.0 Å². The van der Waals surface area contributed by atoms with Gasteiger partial charge >= 0.3 is 5.97 Å². The molecule has 0 aliphatic rings. The van der Waals surface area contributed by atoms with E-state index in [2.05, 4.69) is 23.6 Å². The van der Waals surface area contributed by atoms with E-state index in [0.717, 1.165) is 17.5 Å². The maximum absolute atomic E-state index is 12.9. The largest absolute Gasteiger partial charge is 0.464 e. The van der Waals surface area contributed by atoms with Gasteiger partial charge in [0.1, 0.15) is 0 Å². The van der Waals surface area contributed by atoms with Crippen molar-refractivity contribution in [3.8, 4) is 0 Å². The number of esters is 1. The van der Waals surface area contributed by atoms with Crippen molar-refractivity contribution in [1.82, 2.24) is 4.98 Å². The zero-order chi connectivity index (χ0) is 20.5. The van der Waals surface area contributed by atoms with Gasteiger partial charge in [0.25, 0.3) is 10.0 Å². The lowest BCUT2D eigenvalue weighted by molar-refractivity contribution is 0.0596. The van der Waals surface area contributed by atoms with Gasteiger partial charge in [-0.15, -0.1) is 0 Å². The Morgan fingerprint density at radius 2 is 1.82 bits per heavy atom. The van der Waals surface area contributed by atoms with Gasteiger partial charge in [-0.3, -0.25) is 4.72 Å². The number of ether oxygens (including phenoxy) is 1. The molecule has 148 valence electrons. The minimum Gasteiger partial charge on any atom is -0.464 e. The third-order valence-corrected chi connectivity index (χ3v) is 5.82. The van der Waals surface area contributed by atoms with Crippen LogP contribution in [-0.4, -0.2) is 26.5 Å². The van der Waals surface area contributed by atoms with Gasteiger partial charge in [0.05, 0.1) is 17.7 Å². The highest BCUT2D eigenvalue weighted by Gasteiger charge is 2.24. The molecule has 0 spiro atoms. The van der Waals surface area contributed by atoms with Gasteiger partial charge in [-0.2, -0.15) is 0 Å². The molecule has 2 N–H and O–H groups in total. The number of aryl methyl sites for hydroxylation is 1. The molecule has 0 saturated carbocycles. The average Bonchev–Trinajstić information content (AvgIpc) is 2.98. The maximum atomic E-state index is 12.9. The summed E-state index contributed by atoms with van der Waals surface area (Å²) in [7, 11) is -2.62. The molecule has 28 heavy (non-hydrogen) atoms. The minimum absolute atomic E-state index is 0.0723. The van der Waals surface area contributed by atoms with Gasteiger partial charge < -0.3 is 9.72 Å². The number of aromatic amines is 1. The number of rotatable bonds is 6. The van der Waals surface area contributed by atoms with E-state index >= 15 is 0 Å². The Morgan fingerprint density at radius 1 is 1.14 bits per heavy atom. The zero-order valence-corrected chi connectivity index (χ0v) is 17.2. The summed E-state index contributed by atoms with van der Waals surface area (Å²) in [5, 5.41) is 0.611. The van der Waals surface area contributed by atoms with Crippen LogP contribution in [0, 0.1) is 12.8 Å². The molecule has 0 aliphatic carbocycles. The smallest absolute Gasteiger partial charge is 0.356 e. The van der Waals surface area contributed by atoms with Gasteiger partial charge in [0.15, 0.2) is 5.69 Å². The number of carbonyl (C=O) groups is 1. The van der Waals surface area contributed by atoms with Gasteiger partial charge in [0.2, 0.25) is 0 Å². The molecule has 6 nitrogen and oxygen atoms in total. The number of fused-ring (bicyclic) bond motifs is 1. The van der Waals surface area contributed by atoms with Crippen LogP contribution in [-0.2, 0) is 21.2 Å². The number of aromatic nitrogens is 1. The van der Waals surface area contributed by atoms with Crippen LogP contribution in [0.15, 0.2) is 47.4 Å². The fourth-order valence-electron chi connectivity index (χ4n) is 3.14. The maximum Gasteiger partial charge on any atom is 0.356 e. The zero-order valence-electron chi connectivity index (χ0n) is 16.4. The lowest BCUT2D eigenvalue weighted by atomic mass is 10.0. The predicted molar refractivity (Wildman–Crippen MR) is 110 cm³/mol. The number of hydrogen-bond acceptors (Lipinski definition) is 4. The van der Waals surface area contributed by atoms with E-state index in [1.54, 1.807) is 18.2 Å². The van der Waals surface area contributed by atoms with Crippen LogP contribution in [0.5, 0.6) is 0 Å². The summed E-state index contributed by atoms with van der Waals surface area (Å²) in [6.07, 6.45) is 0.877. The first-order chi connectivity index (χ1) is 13.2. The van der Waals surface area contributed by atoms with Gasteiger partial charge in [-0.25, -0.2) is 13.2 Å². The van der Waals surface area contributed by atoms with Crippen LogP contribution >= 0.6 is 0 Å². The van der Waals surface area contributed by atoms with E-state index in [9.17, 15) is 13.2 Å². The van der Waals surface area contributed by atoms with Crippen LogP contribution < -0.4 is 4.72 Å². The third kappa shape index (κ3) is 4.04. The molecule has 0 aliphatic heterocycles. The monoisotopic (exact) mass is 400 g/mol. The van der Waals surface area contributed by atoms with Crippen molar-refractivity contribution in [3.63, 3.8) is 0 Å². The predicted octanol–water partition coefficient (Wildman–Crippen LogP) is 4.26. The van der Waals surface area contributed by atoms with Crippen molar-refractivity contribution >= 4 is 32.6 Å². The fraction of sp³-hybridized carbons (Fsp3) is 0.286. The van der Waals surface area contributed by atoms with Gasteiger partial charge in [0, 0.05) is 10.9 Å². The molecular weight excluding hydrogens is 376 g/mol. The number of benzene rings is 2. The fourth-order valence-corrected chi connectivity index (χ4v) is 4.23. The first-order valence-electron chi connectivity index (χ1n) is 9.03. The topological polar surface area (TPSA) is 88.3 Å². The Kier molecular flexibility index (Phi) is 5.47. The molecule has 2 aromatic carbocycles. The molecule has 0 radical (unpaired) electrons. The molecule has 0 unspecified atom stereocenters. The summed E-state index contributed by atoms with van der Waals surface area (Å²) in [5.74, 6) is -0.156. The first kappa shape index (κ1) is 19.9. The SMILES string of the molecule is COC(=O)c1[nH]c2ccc(C)cc2c1NS(=O)(=O)c1ccc(CC(C)C)cc1. The Morgan fingerprint density at radius 3 is 2.43 bits per heavy atom. The highest BCUT2D eigenvalue weighted by atomic mass is 32.2. The van der Waals surface area contributed by atoms with Crippen LogP contribution in [0.3, 0.4) is 0 Å². The third-order valence-electron chi connectivity index (χ3n) is 4.46. The second-order valence-electron chi connectivity index (χ2n) is 7.26. The molecule has 1 aromatic heterocycles. The normalized spacial score (nSPS) is 11.8. The van der Waals surface area contributed by atoms with E-state index in [1.165, 1.54) is 7.11 Å². The number of sulfonamides is 1. The van der Waals surface area contributed by atoms with Crippen molar-refractivity contribution in [2.75, 3.05) is 11.8 Å². The van der Waals surface area contributed by atoms with Crippen molar-refractivity contribution in [2.45, 2.75) is 32.1 Å². The summed E-state index contributed by atoms with van der Waals surface area (Å²) in [5.41, 5.74) is 2.93. The second-order valence-corrected chi connectivity index (χ2v) is 8.95. The summed E-state index contributed by atoms with van der Waals surface area (Å²) < 4.78 is 33.3. The summed E-state index contributed by atoms with van der Waals surface area (Å²) in [4.78, 5) is 15.3. The van der Waals surface area contributed by atoms with Crippen molar-refractivity contribution in [3.05, 3.63) is 59.3 Å². The highest BCUT2D eigenvalue weighted by molar-refractivity contribution is 7.92. The minimum atomic E-state index is -3.87. The number of hydrogen-bond donors (Lipinski definition) is 2. The first-order valence-corrected chi connectivity index (χ1v) is 10.5. The number of nitrogens with one attached hydrogen (secondary N) is 2. The van der Waals surface area contributed by atoms with E-state index in [-0.39, 0.29) is 16.3 Å². The van der Waals surface area contributed by atoms with E-state index in [0.29, 0.717) is 16.8 Å². The van der Waals surface area contributed by atoms with Crippen molar-refractivity contribution < 1.29 is 17.9 Å². The molecule has 0 saturated heterocycles. The Balaban J connectivity index is 2.03. The highest BCUT2D eigenvalue weighted by Crippen LogP contribution is 2.31. The lowest BCUT2D eigenvalue weighted by Gasteiger charge is -2.10. The summed E-state index contributed by atoms with van der Waals surface area (Å²) >= 11 is 0. The average molecular weight is 401 g/mol. The molecule has 3 rings (SSSR count). The molecular formula is C21H24N2O4S. The number of anilines is 1. The molecule has 0 fully saturated rings. The van der Waals surface area contributed by atoms with E-state index in [4.69, 9.17) is 4.74 Å². The molecule has 0 atom stereocenters. The van der Waals surface area contributed by atoms with Crippen LogP contribution in [0.25, 0.3) is 10.9 Å². The standard InChI is InChI=1S/C21H24N2O4S/c1-13(2)11-15-6-8-16(9-7-15)28(25,26)23-19-17-12-14(3)5-10-18(17)22-20(19)21(24)27-4/h5-10,12-13,22-23H,11H2,1-4H3.